The zero-order valence-corrected chi connectivity index (χ0v) is 13.4. The van der Waals surface area contributed by atoms with Crippen LogP contribution in [0, 0.1) is 0 Å². The van der Waals surface area contributed by atoms with E-state index in [2.05, 4.69) is 39.1 Å². The van der Waals surface area contributed by atoms with E-state index in [4.69, 9.17) is 14.7 Å². The normalized spacial score (nSPS) is 17.6. The first-order valence-corrected chi connectivity index (χ1v) is 7.60. The average molecular weight is 277 g/mol. The fraction of sp³-hybridized carbons (Fsp3) is 0.750. The van der Waals surface area contributed by atoms with Gasteiger partial charge in [0.1, 0.15) is 11.4 Å². The third-order valence-corrected chi connectivity index (χ3v) is 4.01. The van der Waals surface area contributed by atoms with Crippen LogP contribution in [0.15, 0.2) is 6.07 Å². The van der Waals surface area contributed by atoms with Crippen molar-refractivity contribution in [1.29, 1.82) is 0 Å². The van der Waals surface area contributed by atoms with Crippen molar-refractivity contribution in [3.63, 3.8) is 0 Å². The first kappa shape index (κ1) is 15.2. The molecule has 0 saturated heterocycles. The minimum atomic E-state index is -0.260. The first-order valence-electron chi connectivity index (χ1n) is 7.60. The molecule has 1 saturated carbocycles. The van der Waals surface area contributed by atoms with E-state index in [9.17, 15) is 0 Å². The van der Waals surface area contributed by atoms with Gasteiger partial charge in [0, 0.05) is 25.1 Å². The van der Waals surface area contributed by atoms with E-state index >= 15 is 0 Å². The third kappa shape index (κ3) is 2.95. The zero-order chi connectivity index (χ0) is 14.8. The number of nitrogens with one attached hydrogen (secondary N) is 1. The van der Waals surface area contributed by atoms with Gasteiger partial charge in [-0.05, 0) is 25.7 Å². The number of methoxy groups -OCH3 is 1. The Bertz CT molecular complexity index is 456. The van der Waals surface area contributed by atoms with E-state index in [0.717, 1.165) is 43.1 Å². The standard InChI is InChI=1S/C16H27N3O/c1-6-10-17-13-11-12(15(2,3)4)18-14(19-13)16(20-5)8-7-9-16/h11H,6-10H2,1-5H3,(H,17,18,19). The maximum atomic E-state index is 5.73. The Labute approximate surface area is 122 Å². The van der Waals surface area contributed by atoms with Crippen molar-refractivity contribution in [2.75, 3.05) is 19.0 Å². The molecule has 1 heterocycles. The molecule has 0 spiro atoms. The number of aromatic nitrogens is 2. The Balaban J connectivity index is 2.40. The third-order valence-electron chi connectivity index (χ3n) is 4.01. The first-order chi connectivity index (χ1) is 9.41. The highest BCUT2D eigenvalue weighted by Crippen LogP contribution is 2.43. The lowest BCUT2D eigenvalue weighted by Crippen LogP contribution is -2.38. The molecule has 1 aliphatic rings. The molecule has 20 heavy (non-hydrogen) atoms. The van der Waals surface area contributed by atoms with Crippen molar-refractivity contribution >= 4 is 5.82 Å². The van der Waals surface area contributed by atoms with E-state index in [1.54, 1.807) is 7.11 Å². The summed E-state index contributed by atoms with van der Waals surface area (Å²) in [5.41, 5.74) is 0.826. The summed E-state index contributed by atoms with van der Waals surface area (Å²) >= 11 is 0. The van der Waals surface area contributed by atoms with Crippen LogP contribution < -0.4 is 5.32 Å². The Morgan fingerprint density at radius 3 is 2.45 bits per heavy atom. The highest BCUT2D eigenvalue weighted by atomic mass is 16.5. The number of rotatable bonds is 5. The SMILES string of the molecule is CCCNc1cc(C(C)(C)C)nc(C2(OC)CCC2)n1. The summed E-state index contributed by atoms with van der Waals surface area (Å²) < 4.78 is 5.73. The molecule has 4 heteroatoms. The molecule has 0 unspecified atom stereocenters. The summed E-state index contributed by atoms with van der Waals surface area (Å²) in [6, 6.07) is 2.07. The van der Waals surface area contributed by atoms with E-state index < -0.39 is 0 Å². The van der Waals surface area contributed by atoms with Crippen LogP contribution in [-0.2, 0) is 15.8 Å². The molecule has 112 valence electrons. The van der Waals surface area contributed by atoms with Crippen LogP contribution >= 0.6 is 0 Å². The van der Waals surface area contributed by atoms with E-state index in [-0.39, 0.29) is 11.0 Å². The smallest absolute Gasteiger partial charge is 0.162 e. The lowest BCUT2D eigenvalue weighted by Gasteiger charge is -2.39. The van der Waals surface area contributed by atoms with Crippen LogP contribution in [0.4, 0.5) is 5.82 Å². The van der Waals surface area contributed by atoms with Crippen molar-refractivity contribution < 1.29 is 4.74 Å². The monoisotopic (exact) mass is 277 g/mol. The molecule has 1 N–H and O–H groups in total. The van der Waals surface area contributed by atoms with Crippen molar-refractivity contribution in [3.05, 3.63) is 17.6 Å². The molecule has 1 aromatic heterocycles. The molecule has 0 radical (unpaired) electrons. The predicted molar refractivity (Wildman–Crippen MR) is 82.1 cm³/mol. The van der Waals surface area contributed by atoms with Gasteiger partial charge >= 0.3 is 0 Å². The molecule has 1 fully saturated rings. The summed E-state index contributed by atoms with van der Waals surface area (Å²) in [7, 11) is 1.77. The van der Waals surface area contributed by atoms with E-state index in [0.29, 0.717) is 0 Å². The second-order valence-corrected chi connectivity index (χ2v) is 6.69. The minimum Gasteiger partial charge on any atom is -0.370 e. The Hall–Kier alpha value is -1.16. The van der Waals surface area contributed by atoms with Crippen molar-refractivity contribution in [2.24, 2.45) is 0 Å². The Morgan fingerprint density at radius 1 is 1.30 bits per heavy atom. The molecule has 0 aromatic carbocycles. The van der Waals surface area contributed by atoms with Crippen molar-refractivity contribution in [2.45, 2.75) is 64.4 Å². The van der Waals surface area contributed by atoms with Crippen LogP contribution in [0.3, 0.4) is 0 Å². The van der Waals surface area contributed by atoms with Gasteiger partial charge in [-0.3, -0.25) is 0 Å². The molecule has 0 atom stereocenters. The average Bonchev–Trinajstić information content (AvgIpc) is 2.34. The lowest BCUT2D eigenvalue weighted by atomic mass is 9.79. The van der Waals surface area contributed by atoms with Crippen molar-refractivity contribution in [1.82, 2.24) is 9.97 Å². The van der Waals surface area contributed by atoms with E-state index in [1.807, 2.05) is 0 Å². The molecule has 0 amide bonds. The van der Waals surface area contributed by atoms with Crippen LogP contribution in [-0.4, -0.2) is 23.6 Å². The van der Waals surface area contributed by atoms with Crippen LogP contribution in [0.2, 0.25) is 0 Å². The number of nitrogens with zero attached hydrogens (tertiary/aromatic N) is 2. The Morgan fingerprint density at radius 2 is 2.00 bits per heavy atom. The number of hydrogen-bond donors (Lipinski definition) is 1. The minimum absolute atomic E-state index is 0.0129. The summed E-state index contributed by atoms with van der Waals surface area (Å²) in [4.78, 5) is 9.50. The van der Waals surface area contributed by atoms with Gasteiger partial charge in [0.15, 0.2) is 5.82 Å². The van der Waals surface area contributed by atoms with Gasteiger partial charge in [0.25, 0.3) is 0 Å². The molecular formula is C16H27N3O. The number of anilines is 1. The summed E-state index contributed by atoms with van der Waals surface area (Å²) in [6.45, 7) is 9.64. The van der Waals surface area contributed by atoms with Crippen LogP contribution in [0.25, 0.3) is 0 Å². The molecular weight excluding hydrogens is 250 g/mol. The van der Waals surface area contributed by atoms with Crippen LogP contribution in [0.1, 0.15) is 64.9 Å². The van der Waals surface area contributed by atoms with Gasteiger partial charge in [-0.1, -0.05) is 27.7 Å². The Kier molecular flexibility index (Phi) is 4.33. The van der Waals surface area contributed by atoms with Gasteiger partial charge in [-0.15, -0.1) is 0 Å². The quantitative estimate of drug-likeness (QED) is 0.893. The maximum absolute atomic E-state index is 5.73. The fourth-order valence-electron chi connectivity index (χ4n) is 2.40. The number of hydrogen-bond acceptors (Lipinski definition) is 4. The molecule has 0 bridgehead atoms. The summed E-state index contributed by atoms with van der Waals surface area (Å²) in [5, 5.41) is 3.38. The highest BCUT2D eigenvalue weighted by Gasteiger charge is 2.42. The maximum Gasteiger partial charge on any atom is 0.162 e. The summed E-state index contributed by atoms with van der Waals surface area (Å²) in [5.74, 6) is 1.77. The second-order valence-electron chi connectivity index (χ2n) is 6.69. The largest absolute Gasteiger partial charge is 0.370 e. The second kappa shape index (κ2) is 5.68. The van der Waals surface area contributed by atoms with Gasteiger partial charge in [-0.25, -0.2) is 9.97 Å². The molecule has 0 aliphatic heterocycles. The van der Waals surface area contributed by atoms with Gasteiger partial charge in [0.05, 0.1) is 5.69 Å². The molecule has 1 aromatic rings. The molecule has 4 nitrogen and oxygen atoms in total. The molecule has 2 rings (SSSR count). The zero-order valence-electron chi connectivity index (χ0n) is 13.4. The summed E-state index contributed by atoms with van der Waals surface area (Å²) in [6.07, 6.45) is 4.31. The van der Waals surface area contributed by atoms with Gasteiger partial charge in [-0.2, -0.15) is 0 Å². The van der Waals surface area contributed by atoms with E-state index in [1.165, 1.54) is 6.42 Å². The lowest BCUT2D eigenvalue weighted by molar-refractivity contribution is -0.0847. The topological polar surface area (TPSA) is 47.0 Å². The van der Waals surface area contributed by atoms with Crippen molar-refractivity contribution in [3.8, 4) is 0 Å². The van der Waals surface area contributed by atoms with Gasteiger partial charge in [0.2, 0.25) is 0 Å². The number of ether oxygens (including phenoxy) is 1. The van der Waals surface area contributed by atoms with Crippen LogP contribution in [0.5, 0.6) is 0 Å². The van der Waals surface area contributed by atoms with Gasteiger partial charge < -0.3 is 10.1 Å². The predicted octanol–water partition coefficient (Wildman–Crippen LogP) is 3.62. The highest BCUT2D eigenvalue weighted by molar-refractivity contribution is 5.39. The molecule has 1 aliphatic carbocycles. The fourth-order valence-corrected chi connectivity index (χ4v) is 2.40.